The summed E-state index contributed by atoms with van der Waals surface area (Å²) in [6, 6.07) is 7.79. The average Bonchev–Trinajstić information content (AvgIpc) is 2.90. The van der Waals surface area contributed by atoms with Gasteiger partial charge >= 0.3 is 0 Å². The van der Waals surface area contributed by atoms with E-state index in [2.05, 4.69) is 5.43 Å². The van der Waals surface area contributed by atoms with E-state index in [1.165, 1.54) is 0 Å². The van der Waals surface area contributed by atoms with Crippen LogP contribution in [0, 0.1) is 0 Å². The maximum absolute atomic E-state index is 12.1. The Bertz CT molecular complexity index is 408. The lowest BCUT2D eigenvalue weighted by Crippen LogP contribution is -2.45. The third-order valence-electron chi connectivity index (χ3n) is 3.74. The molecule has 1 aliphatic carbocycles. The number of nitrogens with two attached hydrogens (primary N) is 1. The van der Waals surface area contributed by atoms with E-state index in [9.17, 15) is 4.79 Å². The first kappa shape index (κ1) is 12.9. The zero-order chi connectivity index (χ0) is 13.0. The van der Waals surface area contributed by atoms with Gasteiger partial charge < -0.3 is 4.74 Å². The fourth-order valence-electron chi connectivity index (χ4n) is 2.80. The summed E-state index contributed by atoms with van der Waals surface area (Å²) in [6.45, 7) is 2.60. The second kappa shape index (κ2) is 5.40. The van der Waals surface area contributed by atoms with Crippen molar-refractivity contribution in [1.29, 1.82) is 0 Å². The van der Waals surface area contributed by atoms with Crippen molar-refractivity contribution < 1.29 is 9.53 Å². The highest BCUT2D eigenvalue weighted by Gasteiger charge is 2.42. The van der Waals surface area contributed by atoms with Gasteiger partial charge in [0, 0.05) is 0 Å². The monoisotopic (exact) mass is 248 g/mol. The second-order valence-corrected chi connectivity index (χ2v) is 4.72. The Hall–Kier alpha value is -1.55. The predicted octanol–water partition coefficient (Wildman–Crippen LogP) is 1.89. The first-order valence-corrected chi connectivity index (χ1v) is 6.47. The lowest BCUT2D eigenvalue weighted by atomic mass is 9.78. The summed E-state index contributed by atoms with van der Waals surface area (Å²) in [5.41, 5.74) is 2.90. The Labute approximate surface area is 107 Å². The molecule has 1 aliphatic rings. The van der Waals surface area contributed by atoms with E-state index in [0.717, 1.165) is 37.0 Å². The summed E-state index contributed by atoms with van der Waals surface area (Å²) in [7, 11) is 0. The third kappa shape index (κ3) is 2.20. The van der Waals surface area contributed by atoms with Crippen LogP contribution in [0.3, 0.4) is 0 Å². The number of ether oxygens (including phenoxy) is 1. The van der Waals surface area contributed by atoms with E-state index in [1.54, 1.807) is 0 Å². The topological polar surface area (TPSA) is 64.3 Å². The van der Waals surface area contributed by atoms with E-state index in [-0.39, 0.29) is 5.91 Å². The van der Waals surface area contributed by atoms with Gasteiger partial charge in [-0.25, -0.2) is 5.84 Å². The first-order valence-electron chi connectivity index (χ1n) is 6.47. The first-order chi connectivity index (χ1) is 8.73. The molecule has 3 N–H and O–H groups in total. The summed E-state index contributed by atoms with van der Waals surface area (Å²) in [4.78, 5) is 12.1. The minimum absolute atomic E-state index is 0.0795. The van der Waals surface area contributed by atoms with Crippen LogP contribution in [0.2, 0.25) is 0 Å². The maximum Gasteiger partial charge on any atom is 0.244 e. The minimum Gasteiger partial charge on any atom is -0.494 e. The zero-order valence-electron chi connectivity index (χ0n) is 10.7. The molecule has 0 aromatic heterocycles. The van der Waals surface area contributed by atoms with Gasteiger partial charge in [-0.15, -0.1) is 0 Å². The van der Waals surface area contributed by atoms with Gasteiger partial charge in [-0.3, -0.25) is 10.2 Å². The summed E-state index contributed by atoms with van der Waals surface area (Å²) in [5, 5.41) is 0. The molecule has 0 atom stereocenters. The van der Waals surface area contributed by atoms with Crippen molar-refractivity contribution in [2.45, 2.75) is 38.0 Å². The van der Waals surface area contributed by atoms with E-state index in [0.29, 0.717) is 6.61 Å². The number of hydrogen-bond donors (Lipinski definition) is 2. The lowest BCUT2D eigenvalue weighted by Gasteiger charge is -2.27. The van der Waals surface area contributed by atoms with Crippen molar-refractivity contribution in [3.63, 3.8) is 0 Å². The van der Waals surface area contributed by atoms with Crippen molar-refractivity contribution in [3.05, 3.63) is 29.8 Å². The van der Waals surface area contributed by atoms with Crippen LogP contribution in [0.5, 0.6) is 5.75 Å². The molecule has 0 spiro atoms. The van der Waals surface area contributed by atoms with Crippen molar-refractivity contribution >= 4 is 5.91 Å². The van der Waals surface area contributed by atoms with Crippen LogP contribution in [0.4, 0.5) is 0 Å². The Balaban J connectivity index is 2.28. The molecule has 98 valence electrons. The molecule has 0 unspecified atom stereocenters. The molecule has 2 rings (SSSR count). The molecule has 0 bridgehead atoms. The van der Waals surface area contributed by atoms with Crippen LogP contribution < -0.4 is 16.0 Å². The van der Waals surface area contributed by atoms with Gasteiger partial charge in [-0.1, -0.05) is 25.0 Å². The van der Waals surface area contributed by atoms with Gasteiger partial charge in [-0.2, -0.15) is 0 Å². The highest BCUT2D eigenvalue weighted by Crippen LogP contribution is 2.41. The average molecular weight is 248 g/mol. The molecular formula is C14H20N2O2. The second-order valence-electron chi connectivity index (χ2n) is 4.72. The molecule has 1 saturated carbocycles. The molecule has 1 fully saturated rings. The van der Waals surface area contributed by atoms with Crippen LogP contribution in [-0.2, 0) is 10.2 Å². The van der Waals surface area contributed by atoms with Crippen LogP contribution in [0.1, 0.15) is 38.2 Å². The summed E-state index contributed by atoms with van der Waals surface area (Å²) in [5.74, 6) is 6.08. The molecule has 0 aliphatic heterocycles. The Morgan fingerprint density at radius 1 is 1.33 bits per heavy atom. The standard InChI is InChI=1S/C14H20N2O2/c1-2-18-12-7-5-11(6-8-12)14(13(17)16-15)9-3-4-10-14/h5-8H,2-4,9-10,15H2,1H3,(H,16,17). The molecule has 0 saturated heterocycles. The number of hydrazine groups is 1. The van der Waals surface area contributed by atoms with E-state index >= 15 is 0 Å². The lowest BCUT2D eigenvalue weighted by molar-refractivity contribution is -0.126. The van der Waals surface area contributed by atoms with Crippen LogP contribution in [-0.4, -0.2) is 12.5 Å². The number of carbonyl (C=O) groups excluding carboxylic acids is 1. The SMILES string of the molecule is CCOc1ccc(C2(C(=O)NN)CCCC2)cc1. The van der Waals surface area contributed by atoms with Gasteiger partial charge in [0.15, 0.2) is 0 Å². The van der Waals surface area contributed by atoms with Crippen LogP contribution in [0.15, 0.2) is 24.3 Å². The van der Waals surface area contributed by atoms with E-state index < -0.39 is 5.41 Å². The van der Waals surface area contributed by atoms with Gasteiger partial charge in [0.2, 0.25) is 5.91 Å². The van der Waals surface area contributed by atoms with E-state index in [1.807, 2.05) is 31.2 Å². The number of benzene rings is 1. The fraction of sp³-hybridized carbons (Fsp3) is 0.500. The van der Waals surface area contributed by atoms with Crippen molar-refractivity contribution in [3.8, 4) is 5.75 Å². The van der Waals surface area contributed by atoms with Gasteiger partial charge in [0.1, 0.15) is 5.75 Å². The van der Waals surface area contributed by atoms with E-state index in [4.69, 9.17) is 10.6 Å². The third-order valence-corrected chi connectivity index (χ3v) is 3.74. The van der Waals surface area contributed by atoms with Gasteiger partial charge in [-0.05, 0) is 37.5 Å². The number of carbonyl (C=O) groups is 1. The number of rotatable bonds is 4. The predicted molar refractivity (Wildman–Crippen MR) is 70.1 cm³/mol. The molecule has 0 radical (unpaired) electrons. The van der Waals surface area contributed by atoms with Crippen molar-refractivity contribution in [2.75, 3.05) is 6.61 Å². The smallest absolute Gasteiger partial charge is 0.244 e. The van der Waals surface area contributed by atoms with Crippen molar-refractivity contribution in [1.82, 2.24) is 5.43 Å². The molecule has 0 heterocycles. The molecular weight excluding hydrogens is 228 g/mol. The maximum atomic E-state index is 12.1. The molecule has 1 amide bonds. The highest BCUT2D eigenvalue weighted by molar-refractivity contribution is 5.88. The van der Waals surface area contributed by atoms with Gasteiger partial charge in [0.05, 0.1) is 12.0 Å². The molecule has 4 nitrogen and oxygen atoms in total. The number of amides is 1. The molecule has 1 aromatic carbocycles. The summed E-state index contributed by atoms with van der Waals surface area (Å²) in [6.07, 6.45) is 3.87. The van der Waals surface area contributed by atoms with Gasteiger partial charge in [0.25, 0.3) is 0 Å². The Morgan fingerprint density at radius 2 is 1.94 bits per heavy atom. The summed E-state index contributed by atoms with van der Waals surface area (Å²) < 4.78 is 5.42. The number of hydrogen-bond acceptors (Lipinski definition) is 3. The quantitative estimate of drug-likeness (QED) is 0.486. The Kier molecular flexibility index (Phi) is 3.87. The highest BCUT2D eigenvalue weighted by atomic mass is 16.5. The normalized spacial score (nSPS) is 17.4. The van der Waals surface area contributed by atoms with Crippen molar-refractivity contribution in [2.24, 2.45) is 5.84 Å². The minimum atomic E-state index is -0.445. The number of nitrogens with one attached hydrogen (secondary N) is 1. The molecule has 1 aromatic rings. The fourth-order valence-corrected chi connectivity index (χ4v) is 2.80. The van der Waals surface area contributed by atoms with Crippen LogP contribution in [0.25, 0.3) is 0 Å². The Morgan fingerprint density at radius 3 is 2.44 bits per heavy atom. The largest absolute Gasteiger partial charge is 0.494 e. The summed E-state index contributed by atoms with van der Waals surface area (Å²) >= 11 is 0. The molecule has 18 heavy (non-hydrogen) atoms. The van der Waals surface area contributed by atoms with Crippen LogP contribution >= 0.6 is 0 Å². The zero-order valence-corrected chi connectivity index (χ0v) is 10.7. The molecule has 4 heteroatoms.